The van der Waals surface area contributed by atoms with Gasteiger partial charge in [-0.05, 0) is 55.5 Å². The highest BCUT2D eigenvalue weighted by molar-refractivity contribution is 7.99. The van der Waals surface area contributed by atoms with Crippen LogP contribution in [0.2, 0.25) is 0 Å². The van der Waals surface area contributed by atoms with E-state index in [-0.39, 0.29) is 22.5 Å². The number of aliphatic imine (C=N–C) groups is 1. The molecule has 1 aliphatic heterocycles. The van der Waals surface area contributed by atoms with Crippen LogP contribution in [0.3, 0.4) is 0 Å². The van der Waals surface area contributed by atoms with E-state index in [0.29, 0.717) is 35.5 Å². The lowest BCUT2D eigenvalue weighted by atomic mass is 10.0. The van der Waals surface area contributed by atoms with E-state index in [9.17, 15) is 13.2 Å². The first-order valence-corrected chi connectivity index (χ1v) is 16.9. The fourth-order valence-electron chi connectivity index (χ4n) is 4.89. The zero-order chi connectivity index (χ0) is 30.4. The van der Waals surface area contributed by atoms with Crippen LogP contribution in [0.25, 0.3) is 17.1 Å². The zero-order valence-corrected chi connectivity index (χ0v) is 26.2. The van der Waals surface area contributed by atoms with Gasteiger partial charge in [0, 0.05) is 24.2 Å². The number of aryl methyl sites for hydroxylation is 1. The Kier molecular flexibility index (Phi) is 9.62. The predicted octanol–water partition coefficient (Wildman–Crippen LogP) is 6.35. The molecule has 2 heterocycles. The van der Waals surface area contributed by atoms with Gasteiger partial charge in [-0.1, -0.05) is 86.1 Å². The summed E-state index contributed by atoms with van der Waals surface area (Å²) in [7, 11) is -3.82. The van der Waals surface area contributed by atoms with Crippen molar-refractivity contribution in [3.05, 3.63) is 83.9 Å². The second-order valence-corrected chi connectivity index (χ2v) is 13.5. The number of aromatic nitrogens is 3. The monoisotopic (exact) mass is 616 g/mol. The molecule has 43 heavy (non-hydrogen) atoms. The fraction of sp³-hybridized carbons (Fsp3) is 0.312. The molecular weight excluding hydrogens is 581 g/mol. The van der Waals surface area contributed by atoms with Crippen molar-refractivity contribution in [3.8, 4) is 17.1 Å². The Morgan fingerprint density at radius 1 is 0.977 bits per heavy atom. The zero-order valence-electron chi connectivity index (χ0n) is 24.6. The number of amides is 1. The summed E-state index contributed by atoms with van der Waals surface area (Å²) >= 11 is 1.27. The van der Waals surface area contributed by atoms with Gasteiger partial charge in [0.1, 0.15) is 5.84 Å². The summed E-state index contributed by atoms with van der Waals surface area (Å²) in [5, 5.41) is 12.4. The summed E-state index contributed by atoms with van der Waals surface area (Å²) in [6, 6.07) is 22.5. The number of amidine groups is 1. The molecule has 0 fully saturated rings. The van der Waals surface area contributed by atoms with Gasteiger partial charge in [-0.2, -0.15) is 0 Å². The minimum Gasteiger partial charge on any atom is -0.325 e. The van der Waals surface area contributed by atoms with Crippen LogP contribution < -0.4 is 10.0 Å². The number of benzene rings is 3. The number of hydrogen-bond donors (Lipinski definition) is 2. The fourth-order valence-corrected chi connectivity index (χ4v) is 6.77. The predicted molar refractivity (Wildman–Crippen MR) is 173 cm³/mol. The van der Waals surface area contributed by atoms with Crippen molar-refractivity contribution in [2.24, 2.45) is 4.99 Å². The summed E-state index contributed by atoms with van der Waals surface area (Å²) in [4.78, 5) is 17.5. The van der Waals surface area contributed by atoms with Crippen LogP contribution in [0, 0.1) is 6.92 Å². The second kappa shape index (κ2) is 13.6. The highest BCUT2D eigenvalue weighted by atomic mass is 32.2. The molecule has 0 unspecified atom stereocenters. The summed E-state index contributed by atoms with van der Waals surface area (Å²) in [6.45, 7) is 6.94. The number of nitrogens with zero attached hydrogens (tertiary/aromatic N) is 4. The highest BCUT2D eigenvalue weighted by Gasteiger charge is 2.21. The Labute approximate surface area is 257 Å². The minimum atomic E-state index is -3.82. The lowest BCUT2D eigenvalue weighted by molar-refractivity contribution is -0.113. The topological polar surface area (TPSA) is 118 Å². The Balaban J connectivity index is 1.34. The number of rotatable bonds is 9. The van der Waals surface area contributed by atoms with E-state index >= 15 is 0 Å². The van der Waals surface area contributed by atoms with E-state index in [1.54, 1.807) is 12.1 Å². The number of sulfonamides is 1. The number of para-hydroxylation sites is 1. The van der Waals surface area contributed by atoms with Crippen LogP contribution in [0.5, 0.6) is 0 Å². The van der Waals surface area contributed by atoms with Crippen LogP contribution in [0.4, 0.5) is 5.69 Å². The van der Waals surface area contributed by atoms with Gasteiger partial charge >= 0.3 is 0 Å². The van der Waals surface area contributed by atoms with Gasteiger partial charge in [-0.15, -0.1) is 10.2 Å². The standard InChI is InChI=1S/C32H36N6O3S2/c1-22(2)27-12-6-7-13-28(27)38-31(24-17-15-23(3)16-18-24)35-36-32(38)42-21-30(39)34-25-10-9-11-26(20-25)43(40,41)37-29-14-5-4-8-19-33-29/h6-7,9-13,15-18,20,22H,4-5,8,14,19,21H2,1-3H3,(H,33,37)(H,34,39). The summed E-state index contributed by atoms with van der Waals surface area (Å²) in [6.07, 6.45) is 3.49. The average Bonchev–Trinajstić information content (AvgIpc) is 3.25. The van der Waals surface area contributed by atoms with E-state index < -0.39 is 10.0 Å². The molecule has 0 aliphatic carbocycles. The summed E-state index contributed by atoms with van der Waals surface area (Å²) < 4.78 is 30.7. The van der Waals surface area contributed by atoms with Gasteiger partial charge in [0.25, 0.3) is 10.0 Å². The molecule has 224 valence electrons. The van der Waals surface area contributed by atoms with Crippen molar-refractivity contribution in [2.75, 3.05) is 17.6 Å². The first-order valence-electron chi connectivity index (χ1n) is 14.4. The van der Waals surface area contributed by atoms with Crippen LogP contribution in [-0.2, 0) is 14.8 Å². The molecule has 0 saturated carbocycles. The lowest BCUT2D eigenvalue weighted by Crippen LogP contribution is -2.30. The molecule has 0 atom stereocenters. The number of anilines is 1. The largest absolute Gasteiger partial charge is 0.325 e. The molecule has 2 N–H and O–H groups in total. The maximum absolute atomic E-state index is 13.1. The van der Waals surface area contributed by atoms with Gasteiger partial charge in [0.05, 0.1) is 16.3 Å². The first kappa shape index (κ1) is 30.5. The Morgan fingerprint density at radius 2 is 1.77 bits per heavy atom. The van der Waals surface area contributed by atoms with Gasteiger partial charge < -0.3 is 5.32 Å². The van der Waals surface area contributed by atoms with E-state index in [1.165, 1.54) is 23.9 Å². The molecule has 5 rings (SSSR count). The molecule has 1 aliphatic rings. The van der Waals surface area contributed by atoms with E-state index in [2.05, 4.69) is 45.1 Å². The maximum Gasteiger partial charge on any atom is 0.262 e. The second-order valence-electron chi connectivity index (χ2n) is 10.8. The molecule has 11 heteroatoms. The molecule has 1 amide bonds. The molecule has 1 aromatic heterocycles. The summed E-state index contributed by atoms with van der Waals surface area (Å²) in [5.74, 6) is 1.21. The van der Waals surface area contributed by atoms with Crippen molar-refractivity contribution in [1.29, 1.82) is 0 Å². The number of hydrogen-bond acceptors (Lipinski definition) is 7. The van der Waals surface area contributed by atoms with Crippen molar-refractivity contribution in [3.63, 3.8) is 0 Å². The molecular formula is C32H36N6O3S2. The lowest BCUT2D eigenvalue weighted by Gasteiger charge is -2.17. The van der Waals surface area contributed by atoms with Gasteiger partial charge in [0.2, 0.25) is 5.91 Å². The maximum atomic E-state index is 13.1. The third-order valence-corrected chi connectivity index (χ3v) is 9.44. The van der Waals surface area contributed by atoms with Crippen molar-refractivity contribution in [1.82, 2.24) is 19.5 Å². The van der Waals surface area contributed by atoms with Crippen molar-refractivity contribution in [2.45, 2.75) is 62.4 Å². The van der Waals surface area contributed by atoms with E-state index in [0.717, 1.165) is 41.6 Å². The number of carbonyl (C=O) groups is 1. The van der Waals surface area contributed by atoms with Crippen LogP contribution in [0.15, 0.2) is 87.8 Å². The first-order chi connectivity index (χ1) is 20.7. The highest BCUT2D eigenvalue weighted by Crippen LogP contribution is 2.32. The Morgan fingerprint density at radius 3 is 2.56 bits per heavy atom. The minimum absolute atomic E-state index is 0.0575. The average molecular weight is 617 g/mol. The van der Waals surface area contributed by atoms with E-state index in [4.69, 9.17) is 0 Å². The third kappa shape index (κ3) is 7.52. The normalized spacial score (nSPS) is 13.8. The number of carbonyl (C=O) groups excluding carboxylic acids is 1. The van der Waals surface area contributed by atoms with Crippen LogP contribution >= 0.6 is 11.8 Å². The van der Waals surface area contributed by atoms with Gasteiger partial charge in [-0.3, -0.25) is 19.1 Å². The Bertz CT molecular complexity index is 1730. The van der Waals surface area contributed by atoms with Crippen molar-refractivity contribution < 1.29 is 13.2 Å². The van der Waals surface area contributed by atoms with Crippen molar-refractivity contribution >= 4 is 39.2 Å². The van der Waals surface area contributed by atoms with E-state index in [1.807, 2.05) is 54.0 Å². The smallest absolute Gasteiger partial charge is 0.262 e. The SMILES string of the molecule is Cc1ccc(-c2nnc(SCC(=O)Nc3cccc(S(=O)(=O)NC4=NCCCCC4)c3)n2-c2ccccc2C(C)C)cc1. The number of nitrogens with one attached hydrogen (secondary N) is 2. The molecule has 3 aromatic carbocycles. The number of thioether (sulfide) groups is 1. The Hall–Kier alpha value is -3.96. The molecule has 0 bridgehead atoms. The van der Waals surface area contributed by atoms with Crippen LogP contribution in [-0.4, -0.2) is 47.2 Å². The quantitative estimate of drug-likeness (QED) is 0.212. The third-order valence-electron chi connectivity index (χ3n) is 7.13. The summed E-state index contributed by atoms with van der Waals surface area (Å²) in [5.41, 5.74) is 4.57. The molecule has 0 spiro atoms. The molecule has 9 nitrogen and oxygen atoms in total. The van der Waals surface area contributed by atoms with Gasteiger partial charge in [-0.25, -0.2) is 8.42 Å². The molecule has 4 aromatic rings. The molecule has 0 radical (unpaired) electrons. The van der Waals surface area contributed by atoms with Gasteiger partial charge in [0.15, 0.2) is 11.0 Å². The molecule has 0 saturated heterocycles. The van der Waals surface area contributed by atoms with Crippen LogP contribution in [0.1, 0.15) is 56.6 Å².